The summed E-state index contributed by atoms with van der Waals surface area (Å²) in [4.78, 5) is 4.24. The molecule has 0 aliphatic carbocycles. The topological polar surface area (TPSA) is 41.9 Å². The minimum atomic E-state index is 0.604. The third-order valence-electron chi connectivity index (χ3n) is 3.60. The maximum atomic E-state index is 5.33. The van der Waals surface area contributed by atoms with E-state index in [1.165, 1.54) is 0 Å². The van der Waals surface area contributed by atoms with E-state index in [4.69, 9.17) is 12.2 Å². The predicted octanol–water partition coefficient (Wildman–Crippen LogP) is 4.43. The zero-order valence-corrected chi connectivity index (χ0v) is 15.6. The lowest BCUT2D eigenvalue weighted by molar-refractivity contribution is 0.920. The number of rotatable bonds is 4. The molecule has 0 bridgehead atoms. The average Bonchev–Trinajstić information content (AvgIpc) is 3.02. The average molecular weight is 401 g/mol. The second kappa shape index (κ2) is 7.59. The number of thiocarbonyl (C=S) groups is 1. The summed E-state index contributed by atoms with van der Waals surface area (Å²) in [5.74, 6) is 0.973. The van der Waals surface area contributed by atoms with Crippen molar-refractivity contribution >= 4 is 38.9 Å². The molecule has 2 N–H and O–H groups in total. The van der Waals surface area contributed by atoms with Crippen molar-refractivity contribution in [2.75, 3.05) is 5.32 Å². The lowest BCUT2D eigenvalue weighted by Gasteiger charge is -2.11. The third kappa shape index (κ3) is 4.21. The van der Waals surface area contributed by atoms with Crippen LogP contribution in [0.25, 0.3) is 5.69 Å². The highest BCUT2D eigenvalue weighted by Crippen LogP contribution is 2.14. The van der Waals surface area contributed by atoms with Gasteiger partial charge in [-0.2, -0.15) is 0 Å². The summed E-state index contributed by atoms with van der Waals surface area (Å²) in [5, 5.41) is 6.99. The van der Waals surface area contributed by atoms with Crippen LogP contribution in [0.1, 0.15) is 11.4 Å². The van der Waals surface area contributed by atoms with Crippen molar-refractivity contribution in [2.45, 2.75) is 13.5 Å². The number of hydrogen-bond donors (Lipinski definition) is 2. The first kappa shape index (κ1) is 16.7. The maximum absolute atomic E-state index is 5.33. The molecule has 0 aliphatic heterocycles. The summed E-state index contributed by atoms with van der Waals surface area (Å²) in [6, 6.07) is 16.2. The van der Waals surface area contributed by atoms with Crippen molar-refractivity contribution < 1.29 is 0 Å². The number of anilines is 1. The van der Waals surface area contributed by atoms with E-state index in [0.29, 0.717) is 11.7 Å². The molecule has 3 rings (SSSR count). The van der Waals surface area contributed by atoms with Crippen LogP contribution in [0, 0.1) is 6.92 Å². The van der Waals surface area contributed by atoms with E-state index in [1.807, 2.05) is 37.4 Å². The highest BCUT2D eigenvalue weighted by molar-refractivity contribution is 9.10. The Balaban J connectivity index is 1.55. The molecule has 0 aliphatic rings. The van der Waals surface area contributed by atoms with E-state index in [0.717, 1.165) is 27.2 Å². The van der Waals surface area contributed by atoms with E-state index < -0.39 is 0 Å². The minimum absolute atomic E-state index is 0.604. The van der Waals surface area contributed by atoms with Crippen molar-refractivity contribution in [1.82, 2.24) is 14.9 Å². The molecule has 4 nitrogen and oxygen atoms in total. The first-order valence-electron chi connectivity index (χ1n) is 7.51. The van der Waals surface area contributed by atoms with Crippen LogP contribution in [0.3, 0.4) is 0 Å². The van der Waals surface area contributed by atoms with Crippen molar-refractivity contribution in [3.63, 3.8) is 0 Å². The number of aromatic nitrogens is 2. The lowest BCUT2D eigenvalue weighted by Crippen LogP contribution is -2.27. The van der Waals surface area contributed by atoms with Gasteiger partial charge in [-0.15, -0.1) is 0 Å². The van der Waals surface area contributed by atoms with Crippen molar-refractivity contribution in [1.29, 1.82) is 0 Å². The van der Waals surface area contributed by atoms with Gasteiger partial charge in [0.05, 0.1) is 0 Å². The van der Waals surface area contributed by atoms with Gasteiger partial charge in [-0.05, 0) is 61.1 Å². The van der Waals surface area contributed by atoms with Gasteiger partial charge in [0.15, 0.2) is 5.11 Å². The van der Waals surface area contributed by atoms with Crippen LogP contribution >= 0.6 is 28.1 Å². The molecule has 0 amide bonds. The summed E-state index contributed by atoms with van der Waals surface area (Å²) >= 11 is 8.75. The van der Waals surface area contributed by atoms with Crippen LogP contribution in [-0.4, -0.2) is 14.7 Å². The Hall–Kier alpha value is -2.18. The molecule has 0 saturated heterocycles. The zero-order valence-electron chi connectivity index (χ0n) is 13.2. The Morgan fingerprint density at radius 3 is 2.46 bits per heavy atom. The largest absolute Gasteiger partial charge is 0.358 e. The van der Waals surface area contributed by atoms with Gasteiger partial charge >= 0.3 is 0 Å². The standard InChI is InChI=1S/C18H17BrN4S/c1-13-20-10-11-23(13)17-8-2-14(3-9-17)12-21-18(24)22-16-6-4-15(19)5-7-16/h2-11H,12H2,1H3,(H2,21,22,24). The minimum Gasteiger partial charge on any atom is -0.358 e. The molecule has 0 atom stereocenters. The normalized spacial score (nSPS) is 10.4. The Morgan fingerprint density at radius 1 is 1.12 bits per heavy atom. The molecule has 122 valence electrons. The van der Waals surface area contributed by atoms with E-state index >= 15 is 0 Å². The molecule has 2 aromatic carbocycles. The second-order valence-electron chi connectivity index (χ2n) is 5.33. The fourth-order valence-corrected chi connectivity index (χ4v) is 2.77. The highest BCUT2D eigenvalue weighted by Gasteiger charge is 2.02. The monoisotopic (exact) mass is 400 g/mol. The van der Waals surface area contributed by atoms with Gasteiger partial charge in [0.1, 0.15) is 5.82 Å². The van der Waals surface area contributed by atoms with Crippen LogP contribution in [0.2, 0.25) is 0 Å². The SMILES string of the molecule is Cc1nccn1-c1ccc(CNC(=S)Nc2ccc(Br)cc2)cc1. The van der Waals surface area contributed by atoms with Crippen LogP contribution in [-0.2, 0) is 6.54 Å². The molecule has 0 spiro atoms. The molecule has 0 radical (unpaired) electrons. The fourth-order valence-electron chi connectivity index (χ4n) is 2.32. The number of nitrogens with one attached hydrogen (secondary N) is 2. The van der Waals surface area contributed by atoms with Crippen molar-refractivity contribution in [2.24, 2.45) is 0 Å². The van der Waals surface area contributed by atoms with Gasteiger partial charge in [0.2, 0.25) is 0 Å². The van der Waals surface area contributed by atoms with Crippen molar-refractivity contribution in [3.05, 3.63) is 76.8 Å². The maximum Gasteiger partial charge on any atom is 0.171 e. The molecular formula is C18H17BrN4S. The van der Waals surface area contributed by atoms with Gasteiger partial charge in [0.25, 0.3) is 0 Å². The number of nitrogens with zero attached hydrogens (tertiary/aromatic N) is 2. The molecule has 6 heteroatoms. The number of imidazole rings is 1. The smallest absolute Gasteiger partial charge is 0.171 e. The van der Waals surface area contributed by atoms with Crippen molar-refractivity contribution in [3.8, 4) is 5.69 Å². The van der Waals surface area contributed by atoms with Gasteiger partial charge in [-0.1, -0.05) is 28.1 Å². The summed E-state index contributed by atoms with van der Waals surface area (Å²) < 4.78 is 3.09. The summed E-state index contributed by atoms with van der Waals surface area (Å²) in [6.07, 6.45) is 3.76. The summed E-state index contributed by atoms with van der Waals surface area (Å²) in [6.45, 7) is 2.66. The quantitative estimate of drug-likeness (QED) is 0.635. The van der Waals surface area contributed by atoms with E-state index in [-0.39, 0.29) is 0 Å². The summed E-state index contributed by atoms with van der Waals surface area (Å²) in [5.41, 5.74) is 3.22. The third-order valence-corrected chi connectivity index (χ3v) is 4.37. The van der Waals surface area contributed by atoms with E-state index in [2.05, 4.69) is 60.4 Å². The van der Waals surface area contributed by atoms with E-state index in [1.54, 1.807) is 6.20 Å². The highest BCUT2D eigenvalue weighted by atomic mass is 79.9. The molecule has 24 heavy (non-hydrogen) atoms. The number of benzene rings is 2. The lowest BCUT2D eigenvalue weighted by atomic mass is 10.2. The Kier molecular flexibility index (Phi) is 5.27. The molecule has 0 fully saturated rings. The Bertz CT molecular complexity index is 825. The molecule has 0 unspecified atom stereocenters. The second-order valence-corrected chi connectivity index (χ2v) is 6.65. The molecule has 3 aromatic rings. The van der Waals surface area contributed by atoms with E-state index in [9.17, 15) is 0 Å². The van der Waals surface area contributed by atoms with Crippen LogP contribution in [0.15, 0.2) is 65.4 Å². The summed E-state index contributed by atoms with van der Waals surface area (Å²) in [7, 11) is 0. The Morgan fingerprint density at radius 2 is 1.83 bits per heavy atom. The van der Waals surface area contributed by atoms with Gasteiger partial charge in [-0.25, -0.2) is 4.98 Å². The number of hydrogen-bond acceptors (Lipinski definition) is 2. The zero-order chi connectivity index (χ0) is 16.9. The fraction of sp³-hybridized carbons (Fsp3) is 0.111. The number of aryl methyl sites for hydroxylation is 1. The molecule has 1 heterocycles. The molecule has 1 aromatic heterocycles. The van der Waals surface area contributed by atoms with Gasteiger partial charge < -0.3 is 15.2 Å². The predicted molar refractivity (Wildman–Crippen MR) is 106 cm³/mol. The molecule has 0 saturated carbocycles. The first-order chi connectivity index (χ1) is 11.6. The first-order valence-corrected chi connectivity index (χ1v) is 8.71. The van der Waals surface area contributed by atoms with Crippen LogP contribution in [0.5, 0.6) is 0 Å². The number of halogens is 1. The van der Waals surface area contributed by atoms with Gasteiger partial charge in [-0.3, -0.25) is 0 Å². The van der Waals surface area contributed by atoms with Crippen LogP contribution in [0.4, 0.5) is 5.69 Å². The van der Waals surface area contributed by atoms with Gasteiger partial charge in [0, 0.05) is 34.8 Å². The Labute approximate surface area is 155 Å². The molecular weight excluding hydrogens is 384 g/mol. The van der Waals surface area contributed by atoms with Crippen LogP contribution < -0.4 is 10.6 Å².